The average molecular weight is 326 g/mol. The van der Waals surface area contributed by atoms with E-state index in [2.05, 4.69) is 58.3 Å². The molecule has 0 heterocycles. The highest BCUT2D eigenvalue weighted by Crippen LogP contribution is 2.40. The topological polar surface area (TPSA) is 20.2 Å². The van der Waals surface area contributed by atoms with Gasteiger partial charge in [0.05, 0.1) is 14.1 Å². The van der Waals surface area contributed by atoms with Gasteiger partial charge in [0.1, 0.15) is 18.2 Å². The van der Waals surface area contributed by atoms with E-state index >= 15 is 0 Å². The van der Waals surface area contributed by atoms with Gasteiger partial charge in [0.25, 0.3) is 0 Å². The largest absolute Gasteiger partial charge is 1.00 e. The third-order valence-corrected chi connectivity index (χ3v) is 5.48. The first kappa shape index (κ1) is 19.5. The van der Waals surface area contributed by atoms with E-state index in [0.717, 1.165) is 36.2 Å². The molecule has 0 radical (unpaired) electrons. The van der Waals surface area contributed by atoms with Gasteiger partial charge < -0.3 is 22.0 Å². The van der Waals surface area contributed by atoms with Gasteiger partial charge in [-0.2, -0.15) is 0 Å². The minimum atomic E-state index is -0.552. The maximum absolute atomic E-state index is 10.9. The molecule has 3 atom stereocenters. The van der Waals surface area contributed by atoms with Crippen molar-refractivity contribution in [2.45, 2.75) is 58.2 Å². The number of hydrogen-bond donors (Lipinski definition) is 1. The van der Waals surface area contributed by atoms with Gasteiger partial charge in [-0.1, -0.05) is 44.2 Å². The zero-order chi connectivity index (χ0) is 15.7. The lowest BCUT2D eigenvalue weighted by atomic mass is 9.71. The van der Waals surface area contributed by atoms with Crippen molar-refractivity contribution in [3.8, 4) is 0 Å². The standard InChI is InChI=1S/C19H32NO.ClH/c1-15(2)17-11-12-19(3,21)18(13-17)20(4,5)14-16-9-7-6-8-10-16;/h6-10,15,17-18,21H,11-14H2,1-5H3;1H/q+1;/p-1. The zero-order valence-electron chi connectivity index (χ0n) is 14.7. The second-order valence-corrected chi connectivity index (χ2v) is 8.07. The fourth-order valence-electron chi connectivity index (χ4n) is 4.11. The molecular formula is C19H32ClNO. The fourth-order valence-corrected chi connectivity index (χ4v) is 4.11. The third-order valence-electron chi connectivity index (χ3n) is 5.48. The van der Waals surface area contributed by atoms with Crippen molar-refractivity contribution in [3.05, 3.63) is 35.9 Å². The molecule has 126 valence electrons. The van der Waals surface area contributed by atoms with Crippen LogP contribution in [0.1, 0.15) is 45.6 Å². The lowest BCUT2D eigenvalue weighted by Crippen LogP contribution is -3.00. The molecule has 1 N–H and O–H groups in total. The second-order valence-electron chi connectivity index (χ2n) is 8.07. The maximum Gasteiger partial charge on any atom is 0.118 e. The Labute approximate surface area is 142 Å². The van der Waals surface area contributed by atoms with Crippen LogP contribution in [0.3, 0.4) is 0 Å². The molecule has 1 fully saturated rings. The van der Waals surface area contributed by atoms with E-state index < -0.39 is 5.60 Å². The molecule has 22 heavy (non-hydrogen) atoms. The molecule has 1 saturated carbocycles. The van der Waals surface area contributed by atoms with E-state index in [4.69, 9.17) is 0 Å². The molecule has 2 nitrogen and oxygen atoms in total. The van der Waals surface area contributed by atoms with Crippen LogP contribution in [0.25, 0.3) is 0 Å². The normalized spacial score (nSPS) is 29.2. The molecule has 2 rings (SSSR count). The molecule has 1 aliphatic rings. The van der Waals surface area contributed by atoms with Crippen LogP contribution in [-0.2, 0) is 6.54 Å². The van der Waals surface area contributed by atoms with E-state index in [0.29, 0.717) is 12.0 Å². The summed E-state index contributed by atoms with van der Waals surface area (Å²) in [6.45, 7) is 7.66. The van der Waals surface area contributed by atoms with Gasteiger partial charge in [-0.05, 0) is 31.6 Å². The first-order chi connectivity index (χ1) is 9.72. The summed E-state index contributed by atoms with van der Waals surface area (Å²) >= 11 is 0. The van der Waals surface area contributed by atoms with Gasteiger partial charge in [-0.25, -0.2) is 0 Å². The Kier molecular flexibility index (Phi) is 6.49. The number of quaternary nitrogens is 1. The quantitative estimate of drug-likeness (QED) is 0.814. The number of benzene rings is 1. The van der Waals surface area contributed by atoms with Gasteiger partial charge in [-0.15, -0.1) is 0 Å². The second kappa shape index (κ2) is 7.33. The third kappa shape index (κ3) is 4.47. The molecule has 1 aliphatic carbocycles. The molecule has 0 aromatic heterocycles. The number of nitrogens with zero attached hydrogens (tertiary/aromatic N) is 1. The van der Waals surface area contributed by atoms with Crippen molar-refractivity contribution in [1.29, 1.82) is 0 Å². The molecular weight excluding hydrogens is 294 g/mol. The number of aliphatic hydroxyl groups is 1. The van der Waals surface area contributed by atoms with Crippen molar-refractivity contribution < 1.29 is 22.0 Å². The zero-order valence-corrected chi connectivity index (χ0v) is 15.5. The van der Waals surface area contributed by atoms with Crippen LogP contribution < -0.4 is 12.4 Å². The molecule has 1 aromatic carbocycles. The van der Waals surface area contributed by atoms with E-state index in [1.165, 1.54) is 5.56 Å². The van der Waals surface area contributed by atoms with Crippen LogP contribution in [-0.4, -0.2) is 35.3 Å². The Morgan fingerprint density at radius 1 is 1.23 bits per heavy atom. The summed E-state index contributed by atoms with van der Waals surface area (Å²) in [6, 6.07) is 11.0. The molecule has 0 spiro atoms. The number of hydrogen-bond acceptors (Lipinski definition) is 1. The average Bonchev–Trinajstić information content (AvgIpc) is 2.38. The smallest absolute Gasteiger partial charge is 0.118 e. The van der Waals surface area contributed by atoms with Crippen LogP contribution >= 0.6 is 0 Å². The Balaban J connectivity index is 0.00000242. The first-order valence-corrected chi connectivity index (χ1v) is 8.31. The lowest BCUT2D eigenvalue weighted by molar-refractivity contribution is -0.936. The van der Waals surface area contributed by atoms with Crippen molar-refractivity contribution in [3.63, 3.8) is 0 Å². The van der Waals surface area contributed by atoms with Gasteiger partial charge in [0.15, 0.2) is 0 Å². The minimum absolute atomic E-state index is 0. The number of rotatable bonds is 4. The van der Waals surface area contributed by atoms with Crippen molar-refractivity contribution in [2.24, 2.45) is 11.8 Å². The van der Waals surface area contributed by atoms with Crippen LogP contribution in [0.5, 0.6) is 0 Å². The number of halogens is 1. The summed E-state index contributed by atoms with van der Waals surface area (Å²) in [6.07, 6.45) is 3.22. The van der Waals surface area contributed by atoms with E-state index in [1.807, 2.05) is 6.92 Å². The Morgan fingerprint density at radius 3 is 2.36 bits per heavy atom. The van der Waals surface area contributed by atoms with Gasteiger partial charge in [0, 0.05) is 12.0 Å². The monoisotopic (exact) mass is 325 g/mol. The van der Waals surface area contributed by atoms with Gasteiger partial charge in [-0.3, -0.25) is 0 Å². The summed E-state index contributed by atoms with van der Waals surface area (Å²) in [4.78, 5) is 0. The van der Waals surface area contributed by atoms with Crippen LogP contribution in [0.2, 0.25) is 0 Å². The van der Waals surface area contributed by atoms with Crippen molar-refractivity contribution in [2.75, 3.05) is 14.1 Å². The van der Waals surface area contributed by atoms with E-state index in [9.17, 15) is 5.11 Å². The van der Waals surface area contributed by atoms with Crippen LogP contribution in [0.15, 0.2) is 30.3 Å². The highest BCUT2D eigenvalue weighted by atomic mass is 35.5. The van der Waals surface area contributed by atoms with E-state index in [1.54, 1.807) is 0 Å². The minimum Gasteiger partial charge on any atom is -1.00 e. The molecule has 0 bridgehead atoms. The molecule has 1 aromatic rings. The van der Waals surface area contributed by atoms with Crippen LogP contribution in [0, 0.1) is 11.8 Å². The van der Waals surface area contributed by atoms with Crippen LogP contribution in [0.4, 0.5) is 0 Å². The Bertz CT molecular complexity index is 456. The Hall–Kier alpha value is -0.570. The van der Waals surface area contributed by atoms with Crippen molar-refractivity contribution >= 4 is 0 Å². The summed E-state index contributed by atoms with van der Waals surface area (Å²) in [5.74, 6) is 1.45. The van der Waals surface area contributed by atoms with Crippen molar-refractivity contribution in [1.82, 2.24) is 0 Å². The molecule has 0 saturated heterocycles. The highest BCUT2D eigenvalue weighted by molar-refractivity contribution is 5.13. The summed E-state index contributed by atoms with van der Waals surface area (Å²) in [7, 11) is 4.55. The lowest BCUT2D eigenvalue weighted by Gasteiger charge is -2.50. The highest BCUT2D eigenvalue weighted by Gasteiger charge is 2.47. The number of likely N-dealkylation sites (N-methyl/N-ethyl adjacent to an activating group) is 1. The Morgan fingerprint density at radius 2 is 1.82 bits per heavy atom. The summed E-state index contributed by atoms with van der Waals surface area (Å²) in [5.41, 5.74) is 0.800. The molecule has 3 unspecified atom stereocenters. The summed E-state index contributed by atoms with van der Waals surface area (Å²) in [5, 5.41) is 10.9. The predicted octanol–water partition coefficient (Wildman–Crippen LogP) is 0.843. The summed E-state index contributed by atoms with van der Waals surface area (Å²) < 4.78 is 0.861. The molecule has 0 amide bonds. The fraction of sp³-hybridized carbons (Fsp3) is 0.684. The predicted molar refractivity (Wildman–Crippen MR) is 88.8 cm³/mol. The van der Waals surface area contributed by atoms with E-state index in [-0.39, 0.29) is 12.4 Å². The first-order valence-electron chi connectivity index (χ1n) is 8.31. The molecule has 0 aliphatic heterocycles. The van der Waals surface area contributed by atoms with Gasteiger partial charge in [0.2, 0.25) is 0 Å². The SMILES string of the molecule is CC(C)C1CCC(C)(O)C([N+](C)(C)Cc2ccccc2)C1.[Cl-]. The van der Waals surface area contributed by atoms with Gasteiger partial charge >= 0.3 is 0 Å². The molecule has 3 heteroatoms. The maximum atomic E-state index is 10.9.